The van der Waals surface area contributed by atoms with E-state index in [9.17, 15) is 4.79 Å². The van der Waals surface area contributed by atoms with Gasteiger partial charge in [-0.1, -0.05) is 19.1 Å². The normalized spacial score (nSPS) is 24.8. The molecule has 0 aliphatic heterocycles. The minimum atomic E-state index is -0.372. The number of aliphatic hydroxyl groups is 1. The number of H-pyrrole nitrogens is 1. The van der Waals surface area contributed by atoms with Crippen LogP contribution >= 0.6 is 0 Å². The van der Waals surface area contributed by atoms with Crippen molar-refractivity contribution in [2.75, 3.05) is 12.3 Å². The fraction of sp³-hybridized carbons (Fsp3) is 0.667. The lowest BCUT2D eigenvalue weighted by atomic mass is 9.57. The molecule has 0 amide bonds. The molecule has 0 saturated heterocycles. The van der Waals surface area contributed by atoms with Gasteiger partial charge < -0.3 is 10.8 Å². The quantitative estimate of drug-likeness (QED) is 0.730. The summed E-state index contributed by atoms with van der Waals surface area (Å²) >= 11 is 0. The average molecular weight is 278 g/mol. The maximum Gasteiger partial charge on any atom is 0.282 e. The molecule has 2 heterocycles. The fourth-order valence-electron chi connectivity index (χ4n) is 3.12. The molecule has 0 unspecified atom stereocenters. The molecule has 1 aliphatic rings. The van der Waals surface area contributed by atoms with Gasteiger partial charge in [0.05, 0.1) is 6.04 Å². The van der Waals surface area contributed by atoms with Crippen LogP contribution in [0.4, 0.5) is 5.95 Å². The number of anilines is 1. The maximum absolute atomic E-state index is 11.7. The van der Waals surface area contributed by atoms with Gasteiger partial charge in [0.15, 0.2) is 11.2 Å². The number of rotatable bonds is 3. The predicted molar refractivity (Wildman–Crippen MR) is 73.0 cm³/mol. The molecule has 3 rings (SSSR count). The van der Waals surface area contributed by atoms with E-state index in [1.54, 1.807) is 4.68 Å². The Balaban J connectivity index is 2.03. The van der Waals surface area contributed by atoms with Crippen LogP contribution in [0.3, 0.4) is 0 Å². The molecule has 1 aliphatic carbocycles. The van der Waals surface area contributed by atoms with Crippen LogP contribution < -0.4 is 11.3 Å². The number of aromatic amines is 1. The van der Waals surface area contributed by atoms with Crippen LogP contribution in [0.15, 0.2) is 4.79 Å². The van der Waals surface area contributed by atoms with Gasteiger partial charge in [-0.25, -0.2) is 4.68 Å². The summed E-state index contributed by atoms with van der Waals surface area (Å²) in [5.41, 5.74) is 5.82. The van der Waals surface area contributed by atoms with Gasteiger partial charge in [-0.3, -0.25) is 9.78 Å². The van der Waals surface area contributed by atoms with Crippen molar-refractivity contribution in [3.05, 3.63) is 10.4 Å². The summed E-state index contributed by atoms with van der Waals surface area (Å²) in [6, 6.07) is 0.109. The summed E-state index contributed by atoms with van der Waals surface area (Å²) in [5.74, 6) is 0.492. The van der Waals surface area contributed by atoms with E-state index in [-0.39, 0.29) is 35.1 Å². The number of aliphatic hydroxyl groups excluding tert-OH is 1. The zero-order chi connectivity index (χ0) is 14.5. The Hall–Kier alpha value is -1.96. The van der Waals surface area contributed by atoms with Crippen LogP contribution in [0.5, 0.6) is 0 Å². The summed E-state index contributed by atoms with van der Waals surface area (Å²) in [6.07, 6.45) is 1.66. The van der Waals surface area contributed by atoms with E-state index in [4.69, 9.17) is 10.8 Å². The van der Waals surface area contributed by atoms with Gasteiger partial charge in [0, 0.05) is 6.61 Å². The van der Waals surface area contributed by atoms with Crippen LogP contribution in [-0.4, -0.2) is 36.7 Å². The van der Waals surface area contributed by atoms with E-state index in [0.29, 0.717) is 11.6 Å². The summed E-state index contributed by atoms with van der Waals surface area (Å²) in [7, 11) is 0. The van der Waals surface area contributed by atoms with Gasteiger partial charge in [-0.05, 0) is 24.2 Å². The van der Waals surface area contributed by atoms with Crippen molar-refractivity contribution in [1.29, 1.82) is 0 Å². The monoisotopic (exact) mass is 278 g/mol. The molecule has 2 atom stereocenters. The molecule has 20 heavy (non-hydrogen) atoms. The Morgan fingerprint density at radius 3 is 2.95 bits per heavy atom. The third-order valence-electron chi connectivity index (χ3n) is 4.54. The van der Waals surface area contributed by atoms with E-state index >= 15 is 0 Å². The van der Waals surface area contributed by atoms with Crippen molar-refractivity contribution in [1.82, 2.24) is 25.0 Å². The number of nitrogens with zero attached hydrogens (tertiary/aromatic N) is 4. The maximum atomic E-state index is 11.7. The molecule has 0 aromatic carbocycles. The number of nitrogens with one attached hydrogen (secondary N) is 1. The SMILES string of the molecule is CC1(C)[C@@H](CCO)C[C@H]1n1nnc2c(=O)[nH]c(N)nc21. The van der Waals surface area contributed by atoms with Gasteiger partial charge in [0.25, 0.3) is 5.56 Å². The molecule has 0 bridgehead atoms. The largest absolute Gasteiger partial charge is 0.396 e. The third kappa shape index (κ3) is 1.71. The Bertz CT molecular complexity index is 704. The Morgan fingerprint density at radius 1 is 1.55 bits per heavy atom. The first kappa shape index (κ1) is 13.0. The van der Waals surface area contributed by atoms with Gasteiger partial charge >= 0.3 is 0 Å². The topological polar surface area (TPSA) is 123 Å². The number of fused-ring (bicyclic) bond motifs is 1. The first-order valence-corrected chi connectivity index (χ1v) is 6.66. The zero-order valence-corrected chi connectivity index (χ0v) is 11.5. The van der Waals surface area contributed by atoms with E-state index < -0.39 is 0 Å². The lowest BCUT2D eigenvalue weighted by Crippen LogP contribution is -2.46. The standard InChI is InChI=1S/C12H18N6O2/c1-12(2)6(3-4-19)5-7(12)18-9-8(16-17-18)10(20)15-11(13)14-9/h6-7,19H,3-5H2,1-2H3,(H3,13,14,15,20)/t6-,7+/m0/s1. The van der Waals surface area contributed by atoms with Gasteiger partial charge in [0.1, 0.15) is 0 Å². The highest BCUT2D eigenvalue weighted by atomic mass is 16.3. The minimum Gasteiger partial charge on any atom is -0.396 e. The fourth-order valence-corrected chi connectivity index (χ4v) is 3.12. The molecular weight excluding hydrogens is 260 g/mol. The summed E-state index contributed by atoms with van der Waals surface area (Å²) in [5, 5.41) is 17.1. The Labute approximate surface area is 115 Å². The number of nitrogens with two attached hydrogens (primary N) is 1. The third-order valence-corrected chi connectivity index (χ3v) is 4.54. The molecule has 1 saturated carbocycles. The second-order valence-corrected chi connectivity index (χ2v) is 5.94. The summed E-state index contributed by atoms with van der Waals surface area (Å²) in [4.78, 5) is 18.3. The average Bonchev–Trinajstić information content (AvgIpc) is 2.77. The van der Waals surface area contributed by atoms with Crippen molar-refractivity contribution in [2.24, 2.45) is 11.3 Å². The lowest BCUT2D eigenvalue weighted by Gasteiger charge is -2.51. The van der Waals surface area contributed by atoms with Gasteiger partial charge in [-0.15, -0.1) is 5.10 Å². The number of hydrogen-bond donors (Lipinski definition) is 3. The Morgan fingerprint density at radius 2 is 2.30 bits per heavy atom. The first-order valence-electron chi connectivity index (χ1n) is 6.66. The Kier molecular flexibility index (Phi) is 2.79. The molecule has 4 N–H and O–H groups in total. The zero-order valence-electron chi connectivity index (χ0n) is 11.5. The van der Waals surface area contributed by atoms with E-state index in [1.807, 2.05) is 0 Å². The van der Waals surface area contributed by atoms with Crippen molar-refractivity contribution >= 4 is 17.1 Å². The first-order chi connectivity index (χ1) is 9.45. The van der Waals surface area contributed by atoms with Crippen molar-refractivity contribution < 1.29 is 5.11 Å². The second kappa shape index (κ2) is 4.27. The van der Waals surface area contributed by atoms with E-state index in [1.165, 1.54) is 0 Å². The number of nitrogen functional groups attached to an aromatic ring is 1. The number of hydrogen-bond acceptors (Lipinski definition) is 6. The molecule has 2 aromatic rings. The highest BCUT2D eigenvalue weighted by molar-refractivity contribution is 5.69. The molecule has 0 spiro atoms. The summed E-state index contributed by atoms with van der Waals surface area (Å²) in [6.45, 7) is 4.45. The number of aromatic nitrogens is 5. The van der Waals surface area contributed by atoms with E-state index in [2.05, 4.69) is 34.1 Å². The molecule has 2 aromatic heterocycles. The van der Waals surface area contributed by atoms with Crippen LogP contribution in [0.2, 0.25) is 0 Å². The van der Waals surface area contributed by atoms with Crippen LogP contribution in [0.1, 0.15) is 32.7 Å². The van der Waals surface area contributed by atoms with Gasteiger partial charge in [-0.2, -0.15) is 4.98 Å². The van der Waals surface area contributed by atoms with Crippen molar-refractivity contribution in [3.63, 3.8) is 0 Å². The van der Waals surface area contributed by atoms with Crippen LogP contribution in [0.25, 0.3) is 11.2 Å². The molecule has 108 valence electrons. The molecular formula is C12H18N6O2. The molecule has 8 heteroatoms. The van der Waals surface area contributed by atoms with Crippen molar-refractivity contribution in [3.8, 4) is 0 Å². The minimum absolute atomic E-state index is 0.0254. The van der Waals surface area contributed by atoms with Gasteiger partial charge in [0.2, 0.25) is 5.95 Å². The van der Waals surface area contributed by atoms with Crippen LogP contribution in [-0.2, 0) is 0 Å². The molecule has 0 radical (unpaired) electrons. The lowest BCUT2D eigenvalue weighted by molar-refractivity contribution is -0.0285. The predicted octanol–water partition coefficient (Wildman–Crippen LogP) is 0.0664. The van der Waals surface area contributed by atoms with Crippen LogP contribution in [0, 0.1) is 11.3 Å². The molecule has 8 nitrogen and oxygen atoms in total. The van der Waals surface area contributed by atoms with Crippen molar-refractivity contribution in [2.45, 2.75) is 32.7 Å². The highest BCUT2D eigenvalue weighted by Crippen LogP contribution is 2.55. The second-order valence-electron chi connectivity index (χ2n) is 5.94. The molecule has 1 fully saturated rings. The smallest absolute Gasteiger partial charge is 0.282 e. The summed E-state index contributed by atoms with van der Waals surface area (Å²) < 4.78 is 1.69. The highest BCUT2D eigenvalue weighted by Gasteiger charge is 2.49. The van der Waals surface area contributed by atoms with E-state index in [0.717, 1.165) is 12.8 Å².